The molecule has 4 rings (SSSR count). The van der Waals surface area contributed by atoms with Crippen LogP contribution in [-0.2, 0) is 27.6 Å². The van der Waals surface area contributed by atoms with Crippen molar-refractivity contribution in [2.24, 2.45) is 11.8 Å². The van der Waals surface area contributed by atoms with Gasteiger partial charge >= 0.3 is 5.97 Å². The van der Waals surface area contributed by atoms with Crippen molar-refractivity contribution in [3.8, 4) is 0 Å². The zero-order valence-corrected chi connectivity index (χ0v) is 14.6. The molecular weight excluding hydrogens is 328 g/mol. The Morgan fingerprint density at radius 1 is 0.962 bits per heavy atom. The van der Waals surface area contributed by atoms with Crippen molar-refractivity contribution in [2.75, 3.05) is 6.54 Å². The lowest BCUT2D eigenvalue weighted by molar-refractivity contribution is -0.149. The quantitative estimate of drug-likeness (QED) is 0.592. The van der Waals surface area contributed by atoms with Crippen LogP contribution in [0.5, 0.6) is 0 Å². The van der Waals surface area contributed by atoms with Gasteiger partial charge in [-0.3, -0.25) is 9.63 Å². The van der Waals surface area contributed by atoms with Crippen LogP contribution in [0.1, 0.15) is 17.5 Å². The summed E-state index contributed by atoms with van der Waals surface area (Å²) >= 11 is 0. The van der Waals surface area contributed by atoms with Crippen LogP contribution in [0.4, 0.5) is 0 Å². The average molecular weight is 352 g/mol. The molecule has 0 bridgehead atoms. The third kappa shape index (κ3) is 4.12. The molecule has 1 saturated carbocycles. The Balaban J connectivity index is 1.21. The Kier molecular flexibility index (Phi) is 5.29. The number of hydroxylamine groups is 1. The van der Waals surface area contributed by atoms with E-state index in [1.54, 1.807) is 0 Å². The molecule has 1 aliphatic heterocycles. The summed E-state index contributed by atoms with van der Waals surface area (Å²) in [6.45, 7) is 1.58. The Hall–Kier alpha value is -2.21. The zero-order valence-electron chi connectivity index (χ0n) is 14.6. The van der Waals surface area contributed by atoms with Crippen molar-refractivity contribution in [2.45, 2.75) is 31.7 Å². The number of carbonyl (C=O) groups excluding carboxylic acids is 1. The normalized spacial score (nSPS) is 26.8. The van der Waals surface area contributed by atoms with Crippen molar-refractivity contribution in [1.29, 1.82) is 0 Å². The van der Waals surface area contributed by atoms with Crippen LogP contribution in [0.25, 0.3) is 0 Å². The van der Waals surface area contributed by atoms with Crippen molar-refractivity contribution in [3.05, 3.63) is 71.8 Å². The van der Waals surface area contributed by atoms with Gasteiger partial charge in [-0.25, -0.2) is 0 Å². The molecule has 0 spiro atoms. The maximum Gasteiger partial charge on any atom is 0.323 e. The topological polar surface area (TPSA) is 59.6 Å². The smallest absolute Gasteiger partial charge is 0.323 e. The maximum atomic E-state index is 12.4. The Labute approximate surface area is 153 Å². The van der Waals surface area contributed by atoms with Gasteiger partial charge in [0.05, 0.1) is 6.61 Å². The van der Waals surface area contributed by atoms with Gasteiger partial charge in [0, 0.05) is 12.6 Å². The first-order valence-electron chi connectivity index (χ1n) is 9.16. The van der Waals surface area contributed by atoms with Crippen molar-refractivity contribution in [1.82, 2.24) is 10.8 Å². The highest BCUT2D eigenvalue weighted by Gasteiger charge is 2.53. The molecule has 2 aromatic rings. The number of carbonyl (C=O) groups is 1. The number of hydrogen-bond donors (Lipinski definition) is 2. The van der Waals surface area contributed by atoms with E-state index in [9.17, 15) is 4.79 Å². The first-order valence-corrected chi connectivity index (χ1v) is 9.16. The number of rotatable bonds is 7. The van der Waals surface area contributed by atoms with Crippen LogP contribution in [-0.4, -0.2) is 24.6 Å². The minimum atomic E-state index is -0.198. The monoisotopic (exact) mass is 352 g/mol. The summed E-state index contributed by atoms with van der Waals surface area (Å²) in [5, 5.41) is 3.33. The second-order valence-electron chi connectivity index (χ2n) is 7.04. The van der Waals surface area contributed by atoms with Crippen LogP contribution in [0.3, 0.4) is 0 Å². The van der Waals surface area contributed by atoms with Crippen LogP contribution in [0.2, 0.25) is 0 Å². The highest BCUT2D eigenvalue weighted by Crippen LogP contribution is 2.46. The number of ether oxygens (including phenoxy) is 1. The van der Waals surface area contributed by atoms with E-state index < -0.39 is 0 Å². The van der Waals surface area contributed by atoms with Crippen LogP contribution < -0.4 is 10.8 Å². The molecule has 2 aliphatic rings. The largest absolute Gasteiger partial charge is 0.460 e. The summed E-state index contributed by atoms with van der Waals surface area (Å²) in [5.41, 5.74) is 5.31. The molecule has 2 fully saturated rings. The molecule has 5 heteroatoms. The minimum Gasteiger partial charge on any atom is -0.460 e. The average Bonchev–Trinajstić information content (AvgIpc) is 3.49. The van der Waals surface area contributed by atoms with Gasteiger partial charge in [0.1, 0.15) is 12.6 Å². The Bertz CT molecular complexity index is 723. The van der Waals surface area contributed by atoms with E-state index in [0.717, 1.165) is 17.5 Å². The van der Waals surface area contributed by atoms with E-state index in [1.807, 2.05) is 60.7 Å². The fourth-order valence-corrected chi connectivity index (χ4v) is 3.65. The van der Waals surface area contributed by atoms with E-state index in [2.05, 4.69) is 10.8 Å². The van der Waals surface area contributed by atoms with Crippen molar-refractivity contribution >= 4 is 5.97 Å². The van der Waals surface area contributed by atoms with Gasteiger partial charge in [0.25, 0.3) is 0 Å². The fourth-order valence-electron chi connectivity index (χ4n) is 3.65. The van der Waals surface area contributed by atoms with Gasteiger partial charge < -0.3 is 10.1 Å². The van der Waals surface area contributed by atoms with Crippen molar-refractivity contribution in [3.63, 3.8) is 0 Å². The van der Waals surface area contributed by atoms with Crippen LogP contribution in [0, 0.1) is 11.8 Å². The van der Waals surface area contributed by atoms with E-state index in [0.29, 0.717) is 31.6 Å². The SMILES string of the molecule is O=C(OCc1ccccc1)[C@H]1NCC(NOCc2ccccc2)[C@@H]2C[C@H]12. The summed E-state index contributed by atoms with van der Waals surface area (Å²) in [5.74, 6) is 0.663. The lowest BCUT2D eigenvalue weighted by Gasteiger charge is -2.28. The molecule has 1 aliphatic carbocycles. The maximum absolute atomic E-state index is 12.4. The highest BCUT2D eigenvalue weighted by atomic mass is 16.6. The molecule has 2 aromatic carbocycles. The zero-order chi connectivity index (χ0) is 17.8. The standard InChI is InChI=1S/C21H24N2O3/c24-21(25-13-15-7-3-1-4-8-15)20-18-11-17(18)19(12-22-20)23-26-14-16-9-5-2-6-10-16/h1-10,17-20,22-23H,11-14H2/t17-,18+,19?,20+/m1/s1. The first-order chi connectivity index (χ1) is 12.8. The molecule has 136 valence electrons. The van der Waals surface area contributed by atoms with E-state index in [-0.39, 0.29) is 18.1 Å². The molecule has 26 heavy (non-hydrogen) atoms. The van der Waals surface area contributed by atoms with Crippen molar-refractivity contribution < 1.29 is 14.4 Å². The highest BCUT2D eigenvalue weighted by molar-refractivity contribution is 5.77. The van der Waals surface area contributed by atoms with E-state index in [1.165, 1.54) is 0 Å². The molecule has 1 unspecified atom stereocenters. The predicted molar refractivity (Wildman–Crippen MR) is 97.8 cm³/mol. The number of hydrogen-bond acceptors (Lipinski definition) is 5. The third-order valence-electron chi connectivity index (χ3n) is 5.19. The second kappa shape index (κ2) is 7.99. The minimum absolute atomic E-state index is 0.148. The van der Waals surface area contributed by atoms with E-state index >= 15 is 0 Å². The van der Waals surface area contributed by atoms with Crippen LogP contribution in [0.15, 0.2) is 60.7 Å². The second-order valence-corrected chi connectivity index (χ2v) is 7.04. The number of fused-ring (bicyclic) bond motifs is 1. The number of benzene rings is 2. The summed E-state index contributed by atoms with van der Waals surface area (Å²) in [4.78, 5) is 18.0. The lowest BCUT2D eigenvalue weighted by Crippen LogP contribution is -2.52. The molecule has 0 amide bonds. The summed E-state index contributed by atoms with van der Waals surface area (Å²) in [6, 6.07) is 19.9. The molecule has 1 heterocycles. The molecule has 0 aromatic heterocycles. The fraction of sp³-hybridized carbons (Fsp3) is 0.381. The van der Waals surface area contributed by atoms with Gasteiger partial charge in [-0.05, 0) is 29.4 Å². The lowest BCUT2D eigenvalue weighted by atomic mass is 10.0. The molecule has 4 atom stereocenters. The number of esters is 1. The van der Waals surface area contributed by atoms with Gasteiger partial charge in [0.2, 0.25) is 0 Å². The number of nitrogens with one attached hydrogen (secondary N) is 2. The summed E-state index contributed by atoms with van der Waals surface area (Å²) in [7, 11) is 0. The summed E-state index contributed by atoms with van der Waals surface area (Å²) < 4.78 is 5.49. The van der Waals surface area contributed by atoms with Crippen LogP contribution >= 0.6 is 0 Å². The van der Waals surface area contributed by atoms with Gasteiger partial charge in [-0.1, -0.05) is 60.7 Å². The molecular formula is C21H24N2O3. The molecule has 2 N–H and O–H groups in total. The predicted octanol–water partition coefficient (Wildman–Crippen LogP) is 2.43. The number of piperidine rings is 1. The van der Waals surface area contributed by atoms with Gasteiger partial charge in [-0.2, -0.15) is 5.48 Å². The first kappa shape index (κ1) is 17.2. The third-order valence-corrected chi connectivity index (χ3v) is 5.19. The van der Waals surface area contributed by atoms with Gasteiger partial charge in [-0.15, -0.1) is 0 Å². The molecule has 1 saturated heterocycles. The Morgan fingerprint density at radius 3 is 2.31 bits per heavy atom. The van der Waals surface area contributed by atoms with Gasteiger partial charge in [0.15, 0.2) is 0 Å². The summed E-state index contributed by atoms with van der Waals surface area (Å²) in [6.07, 6.45) is 1.03. The molecule has 0 radical (unpaired) electrons. The molecule has 5 nitrogen and oxygen atoms in total. The Morgan fingerprint density at radius 2 is 1.62 bits per heavy atom. The van der Waals surface area contributed by atoms with E-state index in [4.69, 9.17) is 9.57 Å².